The zero-order chi connectivity index (χ0) is 17.9. The quantitative estimate of drug-likeness (QED) is 0.764. The van der Waals surface area contributed by atoms with Gasteiger partial charge in [0.15, 0.2) is 0 Å². The monoisotopic (exact) mass is 377 g/mol. The third kappa shape index (κ3) is 4.90. The topological polar surface area (TPSA) is 56.6 Å². The molecule has 0 aromatic heterocycles. The average molecular weight is 378 g/mol. The molecule has 2 aliphatic rings. The Morgan fingerprint density at radius 2 is 1.81 bits per heavy atom. The summed E-state index contributed by atoms with van der Waals surface area (Å²) in [6.45, 7) is 8.61. The summed E-state index contributed by atoms with van der Waals surface area (Å²) in [5, 5.41) is 8.78. The summed E-state index contributed by atoms with van der Waals surface area (Å²) in [6.07, 6.45) is 3.09. The molecule has 5 nitrogen and oxygen atoms in total. The van der Waals surface area contributed by atoms with E-state index in [0.29, 0.717) is 24.3 Å². The maximum atomic E-state index is 12.4. The predicted octanol–water partition coefficient (Wildman–Crippen LogP) is 3.08. The van der Waals surface area contributed by atoms with Crippen molar-refractivity contribution >= 4 is 18.3 Å². The highest BCUT2D eigenvalue weighted by atomic mass is 35.5. The minimum Gasteiger partial charge on any atom is -0.493 e. The van der Waals surface area contributed by atoms with Crippen LogP contribution in [0.15, 0.2) is 24.3 Å². The standard InChI is InChI=1S/C20H27N3O2.ClH/c1-20(2,17-5-6-17)23-12-10-22(11-13-23)19(24)9-14-25-18-7-3-16(15-21)4-8-18;/h3-4,7-8,17H,5-6,9-14H2,1-2H3;1H. The van der Waals surface area contributed by atoms with Crippen LogP contribution in [0.2, 0.25) is 0 Å². The molecule has 142 valence electrons. The predicted molar refractivity (Wildman–Crippen MR) is 103 cm³/mol. The molecule has 1 aliphatic heterocycles. The summed E-state index contributed by atoms with van der Waals surface area (Å²) in [5.74, 6) is 1.69. The van der Waals surface area contributed by atoms with Crippen molar-refractivity contribution in [2.45, 2.75) is 38.6 Å². The van der Waals surface area contributed by atoms with E-state index in [2.05, 4.69) is 24.8 Å². The molecule has 0 radical (unpaired) electrons. The van der Waals surface area contributed by atoms with Crippen molar-refractivity contribution in [1.82, 2.24) is 9.80 Å². The van der Waals surface area contributed by atoms with Gasteiger partial charge in [0.05, 0.1) is 24.7 Å². The van der Waals surface area contributed by atoms with Gasteiger partial charge in [-0.3, -0.25) is 9.69 Å². The van der Waals surface area contributed by atoms with Crippen LogP contribution in [-0.2, 0) is 4.79 Å². The van der Waals surface area contributed by atoms with E-state index in [4.69, 9.17) is 10.00 Å². The highest BCUT2D eigenvalue weighted by Crippen LogP contribution is 2.42. The first-order chi connectivity index (χ1) is 12.0. The number of nitrogens with zero attached hydrogens (tertiary/aromatic N) is 3. The number of benzene rings is 1. The lowest BCUT2D eigenvalue weighted by atomic mass is 9.95. The van der Waals surface area contributed by atoms with Crippen LogP contribution in [0.5, 0.6) is 5.75 Å². The van der Waals surface area contributed by atoms with Gasteiger partial charge in [0.25, 0.3) is 0 Å². The molecule has 0 N–H and O–H groups in total. The van der Waals surface area contributed by atoms with Crippen molar-refractivity contribution in [2.24, 2.45) is 5.92 Å². The molecule has 1 aromatic carbocycles. The van der Waals surface area contributed by atoms with Crippen LogP contribution in [0.4, 0.5) is 0 Å². The number of nitriles is 1. The molecule has 0 atom stereocenters. The van der Waals surface area contributed by atoms with E-state index in [9.17, 15) is 4.79 Å². The fourth-order valence-corrected chi connectivity index (χ4v) is 3.62. The Morgan fingerprint density at radius 1 is 1.19 bits per heavy atom. The van der Waals surface area contributed by atoms with Gasteiger partial charge in [-0.2, -0.15) is 5.26 Å². The summed E-state index contributed by atoms with van der Waals surface area (Å²) in [5.41, 5.74) is 0.879. The first kappa shape index (κ1) is 20.5. The fourth-order valence-electron chi connectivity index (χ4n) is 3.62. The summed E-state index contributed by atoms with van der Waals surface area (Å²) in [7, 11) is 0. The Labute approximate surface area is 162 Å². The maximum Gasteiger partial charge on any atom is 0.226 e. The lowest BCUT2D eigenvalue weighted by molar-refractivity contribution is -0.134. The minimum absolute atomic E-state index is 0. The highest BCUT2D eigenvalue weighted by Gasteiger charge is 2.42. The van der Waals surface area contributed by atoms with Crippen LogP contribution < -0.4 is 4.74 Å². The van der Waals surface area contributed by atoms with Gasteiger partial charge < -0.3 is 9.64 Å². The molecule has 26 heavy (non-hydrogen) atoms. The molecular formula is C20H28ClN3O2. The minimum atomic E-state index is 0. The van der Waals surface area contributed by atoms with Gasteiger partial charge in [-0.05, 0) is 56.9 Å². The van der Waals surface area contributed by atoms with Gasteiger partial charge in [-0.25, -0.2) is 0 Å². The van der Waals surface area contributed by atoms with Crippen LogP contribution in [0.3, 0.4) is 0 Å². The summed E-state index contributed by atoms with van der Waals surface area (Å²) >= 11 is 0. The molecule has 1 amide bonds. The van der Waals surface area contributed by atoms with Crippen molar-refractivity contribution in [3.63, 3.8) is 0 Å². The zero-order valence-corrected chi connectivity index (χ0v) is 16.4. The molecule has 1 saturated heterocycles. The van der Waals surface area contributed by atoms with Gasteiger partial charge >= 0.3 is 0 Å². The molecule has 0 spiro atoms. The van der Waals surface area contributed by atoms with Crippen LogP contribution >= 0.6 is 12.4 Å². The Kier molecular flexibility index (Phi) is 6.91. The molecule has 1 aromatic rings. The lowest BCUT2D eigenvalue weighted by Crippen LogP contribution is -2.56. The summed E-state index contributed by atoms with van der Waals surface area (Å²) < 4.78 is 5.61. The van der Waals surface area contributed by atoms with Crippen LogP contribution in [0.1, 0.15) is 38.7 Å². The normalized spacial score (nSPS) is 18.0. The van der Waals surface area contributed by atoms with E-state index in [1.54, 1.807) is 24.3 Å². The molecule has 1 aliphatic carbocycles. The molecule has 6 heteroatoms. The zero-order valence-electron chi connectivity index (χ0n) is 15.6. The van der Waals surface area contributed by atoms with E-state index in [0.717, 1.165) is 32.1 Å². The molecule has 1 saturated carbocycles. The van der Waals surface area contributed by atoms with Crippen molar-refractivity contribution in [2.75, 3.05) is 32.8 Å². The average Bonchev–Trinajstić information content (AvgIpc) is 3.48. The number of carbonyl (C=O) groups excluding carboxylic acids is 1. The van der Waals surface area contributed by atoms with Crippen molar-refractivity contribution in [1.29, 1.82) is 5.26 Å². The second-order valence-corrected chi connectivity index (χ2v) is 7.53. The van der Waals surface area contributed by atoms with Crippen molar-refractivity contribution in [3.8, 4) is 11.8 Å². The van der Waals surface area contributed by atoms with Gasteiger partial charge in [0, 0.05) is 31.7 Å². The highest BCUT2D eigenvalue weighted by molar-refractivity contribution is 5.85. The molecule has 0 bridgehead atoms. The number of hydrogen-bond acceptors (Lipinski definition) is 4. The third-order valence-electron chi connectivity index (χ3n) is 5.59. The third-order valence-corrected chi connectivity index (χ3v) is 5.59. The summed E-state index contributed by atoms with van der Waals surface area (Å²) in [6, 6.07) is 9.05. The molecule has 2 fully saturated rings. The van der Waals surface area contributed by atoms with E-state index < -0.39 is 0 Å². The number of halogens is 1. The number of hydrogen-bond donors (Lipinski definition) is 0. The van der Waals surface area contributed by atoms with Gasteiger partial charge in [-0.15, -0.1) is 12.4 Å². The second-order valence-electron chi connectivity index (χ2n) is 7.53. The second kappa shape index (κ2) is 8.75. The molecular weight excluding hydrogens is 350 g/mol. The molecule has 0 unspecified atom stereocenters. The van der Waals surface area contributed by atoms with Crippen molar-refractivity contribution in [3.05, 3.63) is 29.8 Å². The lowest BCUT2D eigenvalue weighted by Gasteiger charge is -2.44. The van der Waals surface area contributed by atoms with Crippen LogP contribution in [0, 0.1) is 17.2 Å². The number of rotatable bonds is 6. The number of carbonyl (C=O) groups is 1. The van der Waals surface area contributed by atoms with Gasteiger partial charge in [0.2, 0.25) is 5.91 Å². The Morgan fingerprint density at radius 3 is 2.35 bits per heavy atom. The Bertz CT molecular complexity index is 642. The van der Waals surface area contributed by atoms with E-state index in [1.807, 2.05) is 4.90 Å². The number of amides is 1. The Balaban J connectivity index is 0.00000243. The first-order valence-corrected chi connectivity index (χ1v) is 9.16. The molecule has 1 heterocycles. The number of piperazine rings is 1. The fraction of sp³-hybridized carbons (Fsp3) is 0.600. The van der Waals surface area contributed by atoms with E-state index in [1.165, 1.54) is 12.8 Å². The van der Waals surface area contributed by atoms with Gasteiger partial charge in [0.1, 0.15) is 5.75 Å². The largest absolute Gasteiger partial charge is 0.493 e. The van der Waals surface area contributed by atoms with Crippen molar-refractivity contribution < 1.29 is 9.53 Å². The first-order valence-electron chi connectivity index (χ1n) is 9.16. The maximum absolute atomic E-state index is 12.4. The van der Waals surface area contributed by atoms with E-state index in [-0.39, 0.29) is 23.9 Å². The number of ether oxygens (including phenoxy) is 1. The summed E-state index contributed by atoms with van der Waals surface area (Å²) in [4.78, 5) is 16.9. The van der Waals surface area contributed by atoms with E-state index >= 15 is 0 Å². The Hall–Kier alpha value is -1.77. The smallest absolute Gasteiger partial charge is 0.226 e. The van der Waals surface area contributed by atoms with Gasteiger partial charge in [-0.1, -0.05) is 0 Å². The van der Waals surface area contributed by atoms with Crippen LogP contribution in [0.25, 0.3) is 0 Å². The SMILES string of the molecule is CC(C)(C1CC1)N1CCN(C(=O)CCOc2ccc(C#N)cc2)CC1.Cl. The molecule has 3 rings (SSSR count). The van der Waals surface area contributed by atoms with Crippen LogP contribution in [-0.4, -0.2) is 54.0 Å².